The molecule has 0 spiro atoms. The first-order valence-corrected chi connectivity index (χ1v) is 9.34. The quantitative estimate of drug-likeness (QED) is 0.513. The van der Waals surface area contributed by atoms with Crippen molar-refractivity contribution in [2.24, 2.45) is 4.99 Å². The minimum atomic E-state index is -4.38. The summed E-state index contributed by atoms with van der Waals surface area (Å²) in [4.78, 5) is 13.1. The molecule has 0 saturated carbocycles. The second kappa shape index (κ2) is 7.65. The number of hydrogen-bond donors (Lipinski definition) is 1. The first-order chi connectivity index (χ1) is 13.8. The average molecular weight is 437 g/mol. The molecule has 1 aromatic heterocycles. The lowest BCUT2D eigenvalue weighted by Gasteiger charge is -2.10. The molecule has 0 unspecified atom stereocenters. The third-order valence-electron chi connectivity index (χ3n) is 4.46. The molecule has 4 rings (SSSR count). The van der Waals surface area contributed by atoms with E-state index in [-0.39, 0.29) is 0 Å². The summed E-state index contributed by atoms with van der Waals surface area (Å²) in [6, 6.07) is 10.0. The molecule has 9 heteroatoms. The first-order valence-electron chi connectivity index (χ1n) is 8.59. The van der Waals surface area contributed by atoms with E-state index in [1.807, 2.05) is 0 Å². The van der Waals surface area contributed by atoms with Crippen LogP contribution in [-0.4, -0.2) is 15.7 Å². The van der Waals surface area contributed by atoms with Gasteiger partial charge in [-0.05, 0) is 42.0 Å². The van der Waals surface area contributed by atoms with Gasteiger partial charge in [0.25, 0.3) is 0 Å². The Labute approximate surface area is 174 Å². The van der Waals surface area contributed by atoms with Gasteiger partial charge in [-0.3, -0.25) is 4.99 Å². The summed E-state index contributed by atoms with van der Waals surface area (Å²) in [7, 11) is 0. The van der Waals surface area contributed by atoms with Gasteiger partial charge in [0.1, 0.15) is 12.0 Å². The molecule has 0 saturated heterocycles. The van der Waals surface area contributed by atoms with Gasteiger partial charge in [0.15, 0.2) is 5.82 Å². The van der Waals surface area contributed by atoms with Crippen molar-refractivity contribution in [2.45, 2.75) is 19.0 Å². The van der Waals surface area contributed by atoms with Crippen LogP contribution in [0, 0.1) is 0 Å². The van der Waals surface area contributed by atoms with Gasteiger partial charge in [-0.1, -0.05) is 29.3 Å². The van der Waals surface area contributed by atoms with Crippen LogP contribution in [0.5, 0.6) is 0 Å². The van der Waals surface area contributed by atoms with E-state index in [9.17, 15) is 13.2 Å². The smallest absolute Gasteiger partial charge is 0.338 e. The van der Waals surface area contributed by atoms with Crippen LogP contribution in [0.15, 0.2) is 53.8 Å². The highest BCUT2D eigenvalue weighted by Gasteiger charge is 2.30. The van der Waals surface area contributed by atoms with Gasteiger partial charge in [-0.15, -0.1) is 0 Å². The Morgan fingerprint density at radius 3 is 2.31 bits per heavy atom. The zero-order chi connectivity index (χ0) is 20.6. The lowest BCUT2D eigenvalue weighted by Crippen LogP contribution is -2.05. The van der Waals surface area contributed by atoms with Crippen molar-refractivity contribution in [1.82, 2.24) is 9.97 Å². The number of benzene rings is 2. The first kappa shape index (κ1) is 19.7. The summed E-state index contributed by atoms with van der Waals surface area (Å²) in [5.41, 5.74) is 2.65. The molecular formula is C20H13Cl2F3N4. The fourth-order valence-electron chi connectivity index (χ4n) is 3.03. The molecule has 0 radical (unpaired) electrons. The summed E-state index contributed by atoms with van der Waals surface area (Å²) in [5, 5.41) is 4.13. The third-order valence-corrected chi connectivity index (χ3v) is 5.17. The molecule has 0 amide bonds. The number of aromatic nitrogens is 2. The molecule has 2 heterocycles. The fraction of sp³-hybridized carbons (Fsp3) is 0.150. The number of rotatable bonds is 4. The number of alkyl halides is 3. The molecule has 3 aromatic rings. The van der Waals surface area contributed by atoms with E-state index in [1.54, 1.807) is 18.2 Å². The van der Waals surface area contributed by atoms with E-state index >= 15 is 0 Å². The maximum absolute atomic E-state index is 12.7. The van der Waals surface area contributed by atoms with Crippen LogP contribution >= 0.6 is 23.2 Å². The van der Waals surface area contributed by atoms with E-state index in [0.717, 1.165) is 29.1 Å². The number of hydrogen-bond acceptors (Lipinski definition) is 4. The molecule has 1 N–H and O–H groups in total. The number of anilines is 2. The zero-order valence-electron chi connectivity index (χ0n) is 14.8. The highest BCUT2D eigenvalue weighted by Crippen LogP contribution is 2.36. The van der Waals surface area contributed by atoms with Crippen molar-refractivity contribution in [3.63, 3.8) is 0 Å². The molecule has 148 valence electrons. The Kier molecular flexibility index (Phi) is 5.19. The van der Waals surface area contributed by atoms with Crippen molar-refractivity contribution in [2.75, 3.05) is 5.32 Å². The predicted molar refractivity (Wildman–Crippen MR) is 108 cm³/mol. The van der Waals surface area contributed by atoms with Crippen molar-refractivity contribution in [3.8, 4) is 0 Å². The molecule has 0 aliphatic carbocycles. The molecule has 1 aliphatic heterocycles. The van der Waals surface area contributed by atoms with Gasteiger partial charge in [0.05, 0.1) is 11.3 Å². The fourth-order valence-corrected chi connectivity index (χ4v) is 3.56. The van der Waals surface area contributed by atoms with Crippen molar-refractivity contribution in [1.29, 1.82) is 0 Å². The number of nitrogens with one attached hydrogen (secondary N) is 1. The van der Waals surface area contributed by atoms with Crippen LogP contribution in [0.4, 0.5) is 30.4 Å². The Hall–Kier alpha value is -2.64. The Bertz CT molecular complexity index is 1080. The monoisotopic (exact) mass is 436 g/mol. The maximum atomic E-state index is 12.7. The van der Waals surface area contributed by atoms with Gasteiger partial charge in [0, 0.05) is 34.3 Å². The summed E-state index contributed by atoms with van der Waals surface area (Å²) in [5.74, 6) is 0.426. The minimum absolute atomic E-state index is 0.426. The van der Waals surface area contributed by atoms with E-state index < -0.39 is 11.7 Å². The molecule has 4 nitrogen and oxygen atoms in total. The van der Waals surface area contributed by atoms with Crippen LogP contribution < -0.4 is 5.32 Å². The van der Waals surface area contributed by atoms with Crippen LogP contribution in [-0.2, 0) is 19.0 Å². The average Bonchev–Trinajstić information content (AvgIpc) is 3.08. The molecule has 0 atom stereocenters. The zero-order valence-corrected chi connectivity index (χ0v) is 16.3. The Morgan fingerprint density at radius 2 is 1.66 bits per heavy atom. The SMILES string of the molecule is FC(F)(F)c1ccc(Nc2ncnc3c2N=C(Cc2c(Cl)cccc2Cl)C3)cc1. The topological polar surface area (TPSA) is 50.2 Å². The van der Waals surface area contributed by atoms with Gasteiger partial charge >= 0.3 is 6.18 Å². The second-order valence-electron chi connectivity index (χ2n) is 6.45. The number of fused-ring (bicyclic) bond motifs is 1. The summed E-state index contributed by atoms with van der Waals surface area (Å²) >= 11 is 12.5. The lowest BCUT2D eigenvalue weighted by molar-refractivity contribution is -0.137. The van der Waals surface area contributed by atoms with E-state index in [2.05, 4.69) is 20.3 Å². The van der Waals surface area contributed by atoms with E-state index in [1.165, 1.54) is 18.5 Å². The number of halogens is 5. The van der Waals surface area contributed by atoms with Crippen LogP contribution in [0.2, 0.25) is 10.0 Å². The molecular weight excluding hydrogens is 424 g/mol. The standard InChI is InChI=1S/C20H13Cl2F3N4/c21-15-2-1-3-16(22)14(15)8-13-9-17-18(28-13)19(27-10-26-17)29-12-6-4-11(5-7-12)20(23,24)25/h1-7,10H,8-9H2,(H,26,27,29). The molecule has 1 aliphatic rings. The largest absolute Gasteiger partial charge is 0.416 e. The molecule has 29 heavy (non-hydrogen) atoms. The summed E-state index contributed by atoms with van der Waals surface area (Å²) in [6.45, 7) is 0. The Morgan fingerprint density at radius 1 is 0.966 bits per heavy atom. The van der Waals surface area contributed by atoms with Crippen molar-refractivity contribution >= 4 is 46.1 Å². The highest BCUT2D eigenvalue weighted by atomic mass is 35.5. The molecule has 0 fully saturated rings. The number of nitrogens with zero attached hydrogens (tertiary/aromatic N) is 3. The third kappa shape index (κ3) is 4.21. The van der Waals surface area contributed by atoms with Gasteiger partial charge in [0.2, 0.25) is 0 Å². The summed E-state index contributed by atoms with van der Waals surface area (Å²) < 4.78 is 38.2. The molecule has 2 aromatic carbocycles. The highest BCUT2D eigenvalue weighted by molar-refractivity contribution is 6.36. The Balaban J connectivity index is 1.58. The van der Waals surface area contributed by atoms with Crippen molar-refractivity contribution < 1.29 is 13.2 Å². The number of aliphatic imine (C=N–C) groups is 1. The van der Waals surface area contributed by atoms with Gasteiger partial charge in [-0.25, -0.2) is 9.97 Å². The van der Waals surface area contributed by atoms with Crippen LogP contribution in [0.3, 0.4) is 0 Å². The predicted octanol–water partition coefficient (Wildman–Crippen LogP) is 6.42. The van der Waals surface area contributed by atoms with Crippen LogP contribution in [0.25, 0.3) is 0 Å². The maximum Gasteiger partial charge on any atom is 0.416 e. The lowest BCUT2D eigenvalue weighted by atomic mass is 10.1. The van der Waals surface area contributed by atoms with Gasteiger partial charge < -0.3 is 5.32 Å². The van der Waals surface area contributed by atoms with E-state index in [4.69, 9.17) is 23.2 Å². The van der Waals surface area contributed by atoms with E-state index in [0.29, 0.717) is 40.1 Å². The minimum Gasteiger partial charge on any atom is -0.338 e. The summed E-state index contributed by atoms with van der Waals surface area (Å²) in [6.07, 6.45) is -2.00. The normalized spacial score (nSPS) is 13.2. The van der Waals surface area contributed by atoms with Crippen LogP contribution in [0.1, 0.15) is 16.8 Å². The molecule has 0 bridgehead atoms. The second-order valence-corrected chi connectivity index (χ2v) is 7.26. The van der Waals surface area contributed by atoms with Gasteiger partial charge in [-0.2, -0.15) is 13.2 Å². The van der Waals surface area contributed by atoms with Crippen molar-refractivity contribution in [3.05, 3.63) is 75.7 Å².